The molecule has 0 spiro atoms. The van der Waals surface area contributed by atoms with Gasteiger partial charge in [0.1, 0.15) is 35.3 Å². The van der Waals surface area contributed by atoms with Crippen LogP contribution in [0.15, 0.2) is 54.6 Å². The number of carbonyl (C=O) groups excluding carboxylic acids is 1. The highest BCUT2D eigenvalue weighted by Crippen LogP contribution is 2.47. The lowest BCUT2D eigenvalue weighted by Crippen LogP contribution is -2.58. The van der Waals surface area contributed by atoms with E-state index in [0.717, 1.165) is 36.0 Å². The number of amides is 1. The van der Waals surface area contributed by atoms with Crippen LogP contribution in [-0.2, 0) is 17.8 Å². The SMILES string of the molecule is CN(C)C1CN(c2nc(N3CCN(C(=O)OC(C)(C)C)[C@@H](CC#N)C3)c3c4c(c(-c5c(F)cccc5OCc5ccccc5)cc3n2)CCCO4)C1. The molecule has 0 radical (unpaired) electrons. The Morgan fingerprint density at radius 1 is 1.06 bits per heavy atom. The number of likely N-dealkylation sites (N-methyl/N-ethyl adjacent to an activating group) is 1. The predicted octanol–water partition coefficient (Wildman–Crippen LogP) is 6.43. The van der Waals surface area contributed by atoms with Crippen molar-refractivity contribution in [1.29, 1.82) is 5.26 Å². The number of anilines is 2. The number of hydrogen-bond donors (Lipinski definition) is 0. The van der Waals surface area contributed by atoms with Gasteiger partial charge in [-0.3, -0.25) is 0 Å². The van der Waals surface area contributed by atoms with E-state index in [0.29, 0.717) is 85.2 Å². The molecule has 1 amide bonds. The van der Waals surface area contributed by atoms with Crippen LogP contribution in [0, 0.1) is 17.1 Å². The van der Waals surface area contributed by atoms with E-state index in [4.69, 9.17) is 24.2 Å². The Balaban J connectivity index is 1.34. The van der Waals surface area contributed by atoms with Crippen molar-refractivity contribution < 1.29 is 23.4 Å². The van der Waals surface area contributed by atoms with Gasteiger partial charge in [-0.25, -0.2) is 14.2 Å². The molecule has 52 heavy (non-hydrogen) atoms. The third kappa shape index (κ3) is 7.15. The number of ether oxygens (including phenoxy) is 3. The first-order valence-corrected chi connectivity index (χ1v) is 18.0. The second-order valence-electron chi connectivity index (χ2n) is 15.0. The van der Waals surface area contributed by atoms with Crippen LogP contribution in [0.25, 0.3) is 22.0 Å². The van der Waals surface area contributed by atoms with Gasteiger partial charge in [-0.2, -0.15) is 10.2 Å². The maximum Gasteiger partial charge on any atom is 0.410 e. The molecule has 12 heteroatoms. The van der Waals surface area contributed by atoms with E-state index in [1.54, 1.807) is 17.0 Å². The minimum atomic E-state index is -0.663. The molecule has 0 unspecified atom stereocenters. The van der Waals surface area contributed by atoms with E-state index in [2.05, 4.69) is 34.9 Å². The van der Waals surface area contributed by atoms with Crippen molar-refractivity contribution in [3.8, 4) is 28.7 Å². The van der Waals surface area contributed by atoms with Crippen molar-refractivity contribution in [3.63, 3.8) is 0 Å². The van der Waals surface area contributed by atoms with E-state index in [-0.39, 0.29) is 12.2 Å². The standard InChI is InChI=1S/C40H46FN7O4/c1-40(2,3)52-39(49)48-19-18-46(22-27(48)16-17-42)37-35-32(43-38(44-37)47-23-28(24-47)45(4)5)21-30(29-13-10-20-50-36(29)35)34-31(41)14-9-15-33(34)51-25-26-11-7-6-8-12-26/h6-9,11-12,14-15,21,27-28H,10,13,16,18-20,22-25H2,1-5H3/t27-/m0/s1. The molecular formula is C40H46FN7O4. The number of piperazine rings is 1. The number of nitriles is 1. The highest BCUT2D eigenvalue weighted by molar-refractivity contribution is 6.01. The van der Waals surface area contributed by atoms with Gasteiger partial charge in [0.05, 0.1) is 41.6 Å². The van der Waals surface area contributed by atoms with Crippen LogP contribution in [0.3, 0.4) is 0 Å². The Morgan fingerprint density at radius 2 is 1.85 bits per heavy atom. The van der Waals surface area contributed by atoms with Crippen LogP contribution in [-0.4, -0.2) is 97.0 Å². The molecule has 11 nitrogen and oxygen atoms in total. The number of carbonyl (C=O) groups is 1. The second-order valence-corrected chi connectivity index (χ2v) is 15.0. The van der Waals surface area contributed by atoms with Crippen molar-refractivity contribution in [2.75, 3.05) is 63.2 Å². The lowest BCUT2D eigenvalue weighted by atomic mass is 9.91. The fourth-order valence-corrected chi connectivity index (χ4v) is 7.15. The molecule has 3 aliphatic heterocycles. The van der Waals surface area contributed by atoms with Crippen LogP contribution in [0.2, 0.25) is 0 Å². The molecule has 0 saturated carbocycles. The van der Waals surface area contributed by atoms with Gasteiger partial charge in [0.25, 0.3) is 0 Å². The first-order valence-electron chi connectivity index (χ1n) is 18.0. The molecule has 4 heterocycles. The molecule has 0 N–H and O–H groups in total. The number of rotatable bonds is 8. The fourth-order valence-electron chi connectivity index (χ4n) is 7.15. The maximum atomic E-state index is 16.1. The largest absolute Gasteiger partial charge is 0.492 e. The van der Waals surface area contributed by atoms with Crippen molar-refractivity contribution in [3.05, 3.63) is 71.5 Å². The van der Waals surface area contributed by atoms with Gasteiger partial charge in [-0.15, -0.1) is 0 Å². The predicted molar refractivity (Wildman–Crippen MR) is 198 cm³/mol. The van der Waals surface area contributed by atoms with Gasteiger partial charge >= 0.3 is 6.09 Å². The summed E-state index contributed by atoms with van der Waals surface area (Å²) >= 11 is 0. The molecule has 2 fully saturated rings. The zero-order chi connectivity index (χ0) is 36.6. The number of nitrogens with zero attached hydrogens (tertiary/aromatic N) is 7. The summed E-state index contributed by atoms with van der Waals surface area (Å²) in [6.45, 7) is 9.03. The quantitative estimate of drug-likeness (QED) is 0.203. The third-order valence-corrected chi connectivity index (χ3v) is 9.93. The Kier molecular flexibility index (Phi) is 9.81. The molecule has 272 valence electrons. The first kappa shape index (κ1) is 35.3. The average molecular weight is 708 g/mol. The number of halogens is 1. The number of benzene rings is 3. The Bertz CT molecular complexity index is 1990. The summed E-state index contributed by atoms with van der Waals surface area (Å²) in [5.41, 5.74) is 2.89. The maximum absolute atomic E-state index is 16.1. The molecular weight excluding hydrogens is 661 g/mol. The minimum absolute atomic E-state index is 0.139. The van der Waals surface area contributed by atoms with Gasteiger partial charge < -0.3 is 33.8 Å². The average Bonchev–Trinajstić information content (AvgIpc) is 3.09. The number of fused-ring (bicyclic) bond motifs is 3. The van der Waals surface area contributed by atoms with Crippen molar-refractivity contribution in [2.45, 2.75) is 64.3 Å². The smallest absolute Gasteiger partial charge is 0.410 e. The van der Waals surface area contributed by atoms with Crippen LogP contribution in [0.4, 0.5) is 21.0 Å². The minimum Gasteiger partial charge on any atom is -0.492 e. The molecule has 0 aliphatic carbocycles. The molecule has 3 aromatic carbocycles. The summed E-state index contributed by atoms with van der Waals surface area (Å²) in [5.74, 6) is 1.95. The fraction of sp³-hybridized carbons (Fsp3) is 0.450. The summed E-state index contributed by atoms with van der Waals surface area (Å²) in [6.07, 6.45) is 1.15. The van der Waals surface area contributed by atoms with Gasteiger partial charge in [0.2, 0.25) is 5.95 Å². The molecule has 0 bridgehead atoms. The van der Waals surface area contributed by atoms with E-state index >= 15 is 4.39 Å². The molecule has 1 atom stereocenters. The van der Waals surface area contributed by atoms with Crippen LogP contribution >= 0.6 is 0 Å². The Labute approximate surface area is 304 Å². The van der Waals surface area contributed by atoms with E-state index in [1.807, 2.05) is 57.2 Å². The second kappa shape index (κ2) is 14.5. The van der Waals surface area contributed by atoms with Crippen LogP contribution < -0.4 is 19.3 Å². The Morgan fingerprint density at radius 3 is 2.58 bits per heavy atom. The highest BCUT2D eigenvalue weighted by atomic mass is 19.1. The molecule has 3 aliphatic rings. The first-order chi connectivity index (χ1) is 25.0. The van der Waals surface area contributed by atoms with Crippen LogP contribution in [0.1, 0.15) is 44.7 Å². The van der Waals surface area contributed by atoms with Gasteiger partial charge in [0, 0.05) is 44.3 Å². The van der Waals surface area contributed by atoms with Gasteiger partial charge in [0.15, 0.2) is 0 Å². The normalized spacial score (nSPS) is 17.7. The third-order valence-electron chi connectivity index (χ3n) is 9.93. The zero-order valence-electron chi connectivity index (χ0n) is 30.6. The monoisotopic (exact) mass is 707 g/mol. The number of hydrogen-bond acceptors (Lipinski definition) is 10. The van der Waals surface area contributed by atoms with E-state index in [1.165, 1.54) is 6.07 Å². The highest BCUT2D eigenvalue weighted by Gasteiger charge is 2.37. The van der Waals surface area contributed by atoms with Crippen molar-refractivity contribution in [2.24, 2.45) is 0 Å². The van der Waals surface area contributed by atoms with E-state index < -0.39 is 17.7 Å². The van der Waals surface area contributed by atoms with Crippen molar-refractivity contribution in [1.82, 2.24) is 19.8 Å². The Hall–Kier alpha value is -5.15. The van der Waals surface area contributed by atoms with Gasteiger partial charge in [-0.05, 0) is 77.0 Å². The molecule has 1 aromatic heterocycles. The lowest BCUT2D eigenvalue weighted by molar-refractivity contribution is 0.0145. The molecule has 7 rings (SSSR count). The molecule has 4 aromatic rings. The molecule has 2 saturated heterocycles. The summed E-state index contributed by atoms with van der Waals surface area (Å²) < 4.78 is 34.6. The topological polar surface area (TPSA) is 107 Å². The van der Waals surface area contributed by atoms with Crippen LogP contribution in [0.5, 0.6) is 11.5 Å². The summed E-state index contributed by atoms with van der Waals surface area (Å²) in [4.78, 5) is 31.7. The zero-order valence-corrected chi connectivity index (χ0v) is 30.6. The van der Waals surface area contributed by atoms with Gasteiger partial charge in [-0.1, -0.05) is 36.4 Å². The van der Waals surface area contributed by atoms with E-state index in [9.17, 15) is 10.1 Å². The summed E-state index contributed by atoms with van der Waals surface area (Å²) in [5, 5.41) is 10.6. The summed E-state index contributed by atoms with van der Waals surface area (Å²) in [6, 6.07) is 18.9. The van der Waals surface area contributed by atoms with Crippen molar-refractivity contribution >= 4 is 28.8 Å². The number of aromatic nitrogens is 2. The summed E-state index contributed by atoms with van der Waals surface area (Å²) in [7, 11) is 4.13. The lowest BCUT2D eigenvalue weighted by Gasteiger charge is -2.44.